The summed E-state index contributed by atoms with van der Waals surface area (Å²) >= 11 is 6.01. The molecule has 0 aromatic heterocycles. The molecule has 5 heteroatoms. The van der Waals surface area contributed by atoms with Crippen molar-refractivity contribution in [1.82, 2.24) is 5.32 Å². The number of rotatable bonds is 5. The molecule has 1 amide bonds. The number of hydrogen-bond acceptors (Lipinski definition) is 3. The molecule has 136 valence electrons. The maximum absolute atomic E-state index is 12.8. The SMILES string of the molecule is CN(C)c1ccc(C(=O)N[C@H](C2=COCCC2)c2ccc(Cl)cc2)cc1. The first kappa shape index (κ1) is 18.3. The van der Waals surface area contributed by atoms with Gasteiger partial charge >= 0.3 is 0 Å². The predicted octanol–water partition coefficient (Wildman–Crippen LogP) is 4.57. The van der Waals surface area contributed by atoms with Crippen LogP contribution in [0, 0.1) is 0 Å². The Morgan fingerprint density at radius 3 is 2.38 bits per heavy atom. The summed E-state index contributed by atoms with van der Waals surface area (Å²) in [6, 6.07) is 14.9. The van der Waals surface area contributed by atoms with Gasteiger partial charge in [-0.3, -0.25) is 4.79 Å². The summed E-state index contributed by atoms with van der Waals surface area (Å²) in [7, 11) is 3.95. The number of nitrogens with one attached hydrogen (secondary N) is 1. The van der Waals surface area contributed by atoms with Gasteiger partial charge in [0.1, 0.15) is 0 Å². The van der Waals surface area contributed by atoms with Crippen LogP contribution in [0.5, 0.6) is 0 Å². The fourth-order valence-corrected chi connectivity index (χ4v) is 3.09. The fourth-order valence-electron chi connectivity index (χ4n) is 2.97. The minimum absolute atomic E-state index is 0.110. The van der Waals surface area contributed by atoms with E-state index in [9.17, 15) is 4.79 Å². The van der Waals surface area contributed by atoms with E-state index in [-0.39, 0.29) is 11.9 Å². The maximum Gasteiger partial charge on any atom is 0.252 e. The van der Waals surface area contributed by atoms with E-state index in [4.69, 9.17) is 16.3 Å². The molecule has 1 aliphatic heterocycles. The number of halogens is 1. The van der Waals surface area contributed by atoms with Crippen molar-refractivity contribution in [2.75, 3.05) is 25.6 Å². The Morgan fingerprint density at radius 1 is 1.12 bits per heavy atom. The van der Waals surface area contributed by atoms with E-state index in [1.165, 1.54) is 0 Å². The highest BCUT2D eigenvalue weighted by atomic mass is 35.5. The van der Waals surface area contributed by atoms with Gasteiger partial charge in [-0.25, -0.2) is 0 Å². The molecule has 1 heterocycles. The number of anilines is 1. The van der Waals surface area contributed by atoms with Crippen molar-refractivity contribution in [3.63, 3.8) is 0 Å². The molecule has 2 aromatic carbocycles. The zero-order valence-electron chi connectivity index (χ0n) is 15.0. The quantitative estimate of drug-likeness (QED) is 0.838. The molecule has 1 aliphatic rings. The average Bonchev–Trinajstić information content (AvgIpc) is 2.67. The van der Waals surface area contributed by atoms with Gasteiger partial charge in [-0.05, 0) is 60.4 Å². The number of hydrogen-bond donors (Lipinski definition) is 1. The van der Waals surface area contributed by atoms with Crippen LogP contribution in [0.25, 0.3) is 0 Å². The number of amides is 1. The van der Waals surface area contributed by atoms with Gasteiger partial charge in [-0.1, -0.05) is 23.7 Å². The van der Waals surface area contributed by atoms with Gasteiger partial charge in [0.2, 0.25) is 0 Å². The molecular formula is C21H23ClN2O2. The summed E-state index contributed by atoms with van der Waals surface area (Å²) in [6.45, 7) is 0.719. The van der Waals surface area contributed by atoms with Crippen molar-refractivity contribution in [2.24, 2.45) is 0 Å². The third-order valence-electron chi connectivity index (χ3n) is 4.46. The van der Waals surface area contributed by atoms with Gasteiger partial charge in [0.05, 0.1) is 18.9 Å². The van der Waals surface area contributed by atoms with E-state index < -0.39 is 0 Å². The molecule has 1 N–H and O–H groups in total. The number of benzene rings is 2. The molecule has 0 bridgehead atoms. The summed E-state index contributed by atoms with van der Waals surface area (Å²) < 4.78 is 5.49. The van der Waals surface area contributed by atoms with Crippen LogP contribution >= 0.6 is 11.6 Å². The number of nitrogens with zero attached hydrogens (tertiary/aromatic N) is 1. The summed E-state index contributed by atoms with van der Waals surface area (Å²) in [6.07, 6.45) is 3.62. The van der Waals surface area contributed by atoms with Crippen LogP contribution in [0.3, 0.4) is 0 Å². The number of carbonyl (C=O) groups is 1. The molecule has 1 atom stereocenters. The fraction of sp³-hybridized carbons (Fsp3) is 0.286. The van der Waals surface area contributed by atoms with Crippen molar-refractivity contribution < 1.29 is 9.53 Å². The van der Waals surface area contributed by atoms with E-state index in [2.05, 4.69) is 5.32 Å². The largest absolute Gasteiger partial charge is 0.501 e. The zero-order valence-corrected chi connectivity index (χ0v) is 15.8. The van der Waals surface area contributed by atoms with Crippen molar-refractivity contribution in [2.45, 2.75) is 18.9 Å². The first-order valence-electron chi connectivity index (χ1n) is 8.69. The van der Waals surface area contributed by atoms with Crippen LogP contribution in [0.1, 0.15) is 34.8 Å². The Labute approximate surface area is 159 Å². The third kappa shape index (κ3) is 4.38. The summed E-state index contributed by atoms with van der Waals surface area (Å²) in [5.41, 5.74) is 3.74. The highest BCUT2D eigenvalue weighted by molar-refractivity contribution is 6.30. The number of ether oxygens (including phenoxy) is 1. The molecule has 4 nitrogen and oxygen atoms in total. The van der Waals surface area contributed by atoms with E-state index >= 15 is 0 Å². The first-order chi connectivity index (χ1) is 12.5. The van der Waals surface area contributed by atoms with Crippen LogP contribution < -0.4 is 10.2 Å². The van der Waals surface area contributed by atoms with Crippen molar-refractivity contribution >= 4 is 23.2 Å². The minimum Gasteiger partial charge on any atom is -0.501 e. The van der Waals surface area contributed by atoms with Crippen LogP contribution in [0.2, 0.25) is 5.02 Å². The zero-order chi connectivity index (χ0) is 18.5. The summed E-state index contributed by atoms with van der Waals surface area (Å²) in [4.78, 5) is 14.8. The molecular weight excluding hydrogens is 348 g/mol. The first-order valence-corrected chi connectivity index (χ1v) is 9.06. The van der Waals surface area contributed by atoms with Gasteiger partial charge in [0.15, 0.2) is 0 Å². The Bertz CT molecular complexity index is 783. The smallest absolute Gasteiger partial charge is 0.252 e. The van der Waals surface area contributed by atoms with Gasteiger partial charge in [-0.2, -0.15) is 0 Å². The van der Waals surface area contributed by atoms with Crippen LogP contribution in [0.15, 0.2) is 60.4 Å². The van der Waals surface area contributed by atoms with Gasteiger partial charge in [0, 0.05) is 30.4 Å². The molecule has 2 aromatic rings. The molecule has 0 fully saturated rings. The minimum atomic E-state index is -0.228. The normalized spacial score (nSPS) is 14.8. The third-order valence-corrected chi connectivity index (χ3v) is 4.71. The molecule has 0 spiro atoms. The summed E-state index contributed by atoms with van der Waals surface area (Å²) in [5.74, 6) is -0.110. The second-order valence-corrected chi connectivity index (χ2v) is 7.00. The molecule has 0 unspecified atom stereocenters. The Kier molecular flexibility index (Phi) is 5.84. The van der Waals surface area contributed by atoms with E-state index in [0.29, 0.717) is 10.6 Å². The van der Waals surface area contributed by atoms with Crippen LogP contribution in [0.4, 0.5) is 5.69 Å². The lowest BCUT2D eigenvalue weighted by atomic mass is 9.95. The lowest BCUT2D eigenvalue weighted by Gasteiger charge is -2.25. The standard InChI is InChI=1S/C21H23ClN2O2/c1-24(2)19-11-7-16(8-12-19)21(25)23-20(17-4-3-13-26-14-17)15-5-9-18(22)10-6-15/h5-12,14,20H,3-4,13H2,1-2H3,(H,23,25)/t20-/m0/s1. The Balaban J connectivity index is 1.83. The van der Waals surface area contributed by atoms with E-state index in [1.54, 1.807) is 6.26 Å². The lowest BCUT2D eigenvalue weighted by Crippen LogP contribution is -2.30. The monoisotopic (exact) mass is 370 g/mol. The predicted molar refractivity (Wildman–Crippen MR) is 106 cm³/mol. The molecule has 3 rings (SSSR count). The molecule has 0 saturated heterocycles. The van der Waals surface area contributed by atoms with E-state index in [1.807, 2.05) is 67.5 Å². The Morgan fingerprint density at radius 2 is 1.81 bits per heavy atom. The average molecular weight is 371 g/mol. The van der Waals surface area contributed by atoms with Crippen LogP contribution in [-0.2, 0) is 4.74 Å². The van der Waals surface area contributed by atoms with Gasteiger partial charge in [0.25, 0.3) is 5.91 Å². The van der Waals surface area contributed by atoms with Crippen LogP contribution in [-0.4, -0.2) is 26.6 Å². The Hall–Kier alpha value is -2.46. The second kappa shape index (κ2) is 8.28. The molecule has 0 radical (unpaired) electrons. The second-order valence-electron chi connectivity index (χ2n) is 6.57. The van der Waals surface area contributed by atoms with Crippen molar-refractivity contribution in [1.29, 1.82) is 0 Å². The molecule has 0 aliphatic carbocycles. The van der Waals surface area contributed by atoms with Gasteiger partial charge in [-0.15, -0.1) is 0 Å². The van der Waals surface area contributed by atoms with Crippen molar-refractivity contribution in [3.05, 3.63) is 76.5 Å². The lowest BCUT2D eigenvalue weighted by molar-refractivity contribution is 0.0939. The highest BCUT2D eigenvalue weighted by Gasteiger charge is 2.22. The molecule has 26 heavy (non-hydrogen) atoms. The van der Waals surface area contributed by atoms with Gasteiger partial charge < -0.3 is 15.0 Å². The summed E-state index contributed by atoms with van der Waals surface area (Å²) in [5, 5.41) is 3.82. The number of carbonyl (C=O) groups excluding carboxylic acids is 1. The topological polar surface area (TPSA) is 41.6 Å². The van der Waals surface area contributed by atoms with E-state index in [0.717, 1.165) is 36.3 Å². The van der Waals surface area contributed by atoms with Crippen molar-refractivity contribution in [3.8, 4) is 0 Å². The maximum atomic E-state index is 12.8. The highest BCUT2D eigenvalue weighted by Crippen LogP contribution is 2.29. The molecule has 0 saturated carbocycles.